The van der Waals surface area contributed by atoms with Gasteiger partial charge in [-0.15, -0.1) is 11.3 Å². The van der Waals surface area contributed by atoms with E-state index in [1.807, 2.05) is 41.1 Å². The summed E-state index contributed by atoms with van der Waals surface area (Å²) in [6.45, 7) is 1.04. The van der Waals surface area contributed by atoms with E-state index >= 15 is 0 Å². The Bertz CT molecular complexity index is 1120. The predicted molar refractivity (Wildman–Crippen MR) is 118 cm³/mol. The number of hydrogen-bond donors (Lipinski definition) is 1. The van der Waals surface area contributed by atoms with Gasteiger partial charge in [0.2, 0.25) is 5.91 Å². The van der Waals surface area contributed by atoms with Crippen LogP contribution >= 0.6 is 22.7 Å². The van der Waals surface area contributed by atoms with E-state index in [1.165, 1.54) is 12.8 Å². The van der Waals surface area contributed by atoms with E-state index in [9.17, 15) is 4.79 Å². The number of hydrogen-bond acceptors (Lipinski definition) is 5. The summed E-state index contributed by atoms with van der Waals surface area (Å²) in [4.78, 5) is 21.9. The maximum Gasteiger partial charge on any atom is 0.230 e. The molecule has 5 nitrogen and oxygen atoms in total. The molecule has 1 aromatic carbocycles. The number of thiazole rings is 1. The monoisotopic (exact) mass is 420 g/mol. The van der Waals surface area contributed by atoms with Crippen LogP contribution in [0.5, 0.6) is 0 Å². The Hall–Kier alpha value is -2.77. The average Bonchev–Trinajstić information content (AvgIpc) is 3.48. The Morgan fingerprint density at radius 1 is 1.14 bits per heavy atom. The summed E-state index contributed by atoms with van der Waals surface area (Å²) in [5, 5.41) is 10.0. The molecule has 1 amide bonds. The molecule has 1 N–H and O–H groups in total. The van der Waals surface area contributed by atoms with E-state index in [4.69, 9.17) is 4.98 Å². The highest BCUT2D eigenvalue weighted by molar-refractivity contribution is 7.14. The molecule has 29 heavy (non-hydrogen) atoms. The van der Waals surface area contributed by atoms with Gasteiger partial charge >= 0.3 is 0 Å². The van der Waals surface area contributed by atoms with E-state index in [1.54, 1.807) is 22.7 Å². The number of carbonyl (C=O) groups is 1. The normalized spacial score (nSPS) is 13.2. The standard InChI is InChI=1S/C22H20N4OS2/c27-21(11-18-14-29-22(24-18)16-7-9-28-13-16)23-17-5-3-4-15(10-17)19-12-26-8-2-1-6-20(26)25-19/h3-5,7,9-10,12-14H,1-2,6,8,11H2,(H,23,27). The SMILES string of the molecule is O=C(Cc1csc(-c2ccsc2)n1)Nc1cccc(-c2cn3c(n2)CCCC3)c1. The average molecular weight is 421 g/mol. The Morgan fingerprint density at radius 3 is 2.97 bits per heavy atom. The van der Waals surface area contributed by atoms with Crippen LogP contribution in [0.3, 0.4) is 0 Å². The fourth-order valence-electron chi connectivity index (χ4n) is 3.58. The highest BCUT2D eigenvalue weighted by Gasteiger charge is 2.14. The molecular formula is C22H20N4OS2. The van der Waals surface area contributed by atoms with Crippen LogP contribution in [0.25, 0.3) is 21.8 Å². The van der Waals surface area contributed by atoms with Crippen molar-refractivity contribution in [3.8, 4) is 21.8 Å². The molecule has 0 bridgehead atoms. The smallest absolute Gasteiger partial charge is 0.230 e. The quantitative estimate of drug-likeness (QED) is 0.479. The highest BCUT2D eigenvalue weighted by atomic mass is 32.1. The zero-order valence-corrected chi connectivity index (χ0v) is 17.4. The third-order valence-electron chi connectivity index (χ3n) is 5.01. The number of thiophene rings is 1. The van der Waals surface area contributed by atoms with Crippen LogP contribution < -0.4 is 5.32 Å². The van der Waals surface area contributed by atoms with Crippen LogP contribution in [0.1, 0.15) is 24.4 Å². The van der Waals surface area contributed by atoms with Gasteiger partial charge in [-0.1, -0.05) is 12.1 Å². The number of nitrogens with zero attached hydrogens (tertiary/aromatic N) is 3. The second-order valence-corrected chi connectivity index (χ2v) is 8.79. The summed E-state index contributed by atoms with van der Waals surface area (Å²) in [5.41, 5.74) is 4.69. The van der Waals surface area contributed by atoms with Crippen molar-refractivity contribution < 1.29 is 4.79 Å². The van der Waals surface area contributed by atoms with E-state index in [-0.39, 0.29) is 12.3 Å². The molecule has 0 fully saturated rings. The molecule has 5 rings (SSSR count). The lowest BCUT2D eigenvalue weighted by Gasteiger charge is -2.11. The lowest BCUT2D eigenvalue weighted by molar-refractivity contribution is -0.115. The lowest BCUT2D eigenvalue weighted by Crippen LogP contribution is -2.14. The molecule has 0 unspecified atom stereocenters. The van der Waals surface area contributed by atoms with Crippen molar-refractivity contribution in [3.63, 3.8) is 0 Å². The molecular weight excluding hydrogens is 400 g/mol. The van der Waals surface area contributed by atoms with Gasteiger partial charge < -0.3 is 9.88 Å². The number of benzene rings is 1. The van der Waals surface area contributed by atoms with Gasteiger partial charge in [0, 0.05) is 46.7 Å². The highest BCUT2D eigenvalue weighted by Crippen LogP contribution is 2.27. The minimum atomic E-state index is -0.0616. The maximum absolute atomic E-state index is 12.5. The van der Waals surface area contributed by atoms with Gasteiger partial charge in [-0.2, -0.15) is 11.3 Å². The van der Waals surface area contributed by atoms with Crippen molar-refractivity contribution in [1.82, 2.24) is 14.5 Å². The van der Waals surface area contributed by atoms with Gasteiger partial charge in [0.1, 0.15) is 10.8 Å². The summed E-state index contributed by atoms with van der Waals surface area (Å²) in [6.07, 6.45) is 5.85. The third-order valence-corrected chi connectivity index (χ3v) is 6.64. The number of nitrogens with one attached hydrogen (secondary N) is 1. The van der Waals surface area contributed by atoms with Crippen molar-refractivity contribution in [3.05, 3.63) is 64.2 Å². The van der Waals surface area contributed by atoms with Gasteiger partial charge in [-0.3, -0.25) is 4.79 Å². The second-order valence-electron chi connectivity index (χ2n) is 7.15. The third kappa shape index (κ3) is 4.02. The minimum Gasteiger partial charge on any atom is -0.334 e. The Labute approximate surface area is 177 Å². The van der Waals surface area contributed by atoms with Crippen molar-refractivity contribution in [1.29, 1.82) is 0 Å². The maximum atomic E-state index is 12.5. The minimum absolute atomic E-state index is 0.0616. The van der Waals surface area contributed by atoms with Crippen molar-refractivity contribution in [2.75, 3.05) is 5.32 Å². The molecule has 4 aromatic rings. The predicted octanol–water partition coefficient (Wildman–Crippen LogP) is 5.25. The molecule has 0 radical (unpaired) electrons. The summed E-state index contributed by atoms with van der Waals surface area (Å²) in [7, 11) is 0. The first-order valence-electron chi connectivity index (χ1n) is 9.68. The molecule has 4 heterocycles. The number of amides is 1. The first-order valence-corrected chi connectivity index (χ1v) is 11.5. The van der Waals surface area contributed by atoms with Crippen molar-refractivity contribution >= 4 is 34.3 Å². The van der Waals surface area contributed by atoms with E-state index in [0.29, 0.717) is 0 Å². The number of aromatic nitrogens is 3. The first kappa shape index (κ1) is 18.3. The van der Waals surface area contributed by atoms with Crippen molar-refractivity contribution in [2.45, 2.75) is 32.2 Å². The van der Waals surface area contributed by atoms with Gasteiger partial charge in [0.15, 0.2) is 0 Å². The Balaban J connectivity index is 1.28. The number of aryl methyl sites for hydroxylation is 2. The van der Waals surface area contributed by atoms with Crippen LogP contribution in [-0.4, -0.2) is 20.4 Å². The topological polar surface area (TPSA) is 59.8 Å². The Kier molecular flexibility index (Phi) is 4.99. The fraction of sp³-hybridized carbons (Fsp3) is 0.227. The number of imidazole rings is 1. The van der Waals surface area contributed by atoms with Crippen LogP contribution in [0.2, 0.25) is 0 Å². The summed E-state index contributed by atoms with van der Waals surface area (Å²) in [5.74, 6) is 1.10. The lowest BCUT2D eigenvalue weighted by atomic mass is 10.1. The van der Waals surface area contributed by atoms with E-state index in [0.717, 1.165) is 52.0 Å². The number of carbonyl (C=O) groups excluding carboxylic acids is 1. The molecule has 1 aliphatic heterocycles. The van der Waals surface area contributed by atoms with E-state index in [2.05, 4.69) is 26.4 Å². The first-order chi connectivity index (χ1) is 14.2. The van der Waals surface area contributed by atoms with Gasteiger partial charge in [0.05, 0.1) is 17.8 Å². The molecule has 0 aliphatic carbocycles. The number of fused-ring (bicyclic) bond motifs is 1. The van der Waals surface area contributed by atoms with Gasteiger partial charge in [0.25, 0.3) is 0 Å². The van der Waals surface area contributed by atoms with Gasteiger partial charge in [-0.25, -0.2) is 9.97 Å². The molecule has 146 valence electrons. The molecule has 0 saturated heterocycles. The molecule has 0 spiro atoms. The molecule has 0 atom stereocenters. The second kappa shape index (κ2) is 7.93. The van der Waals surface area contributed by atoms with Crippen LogP contribution in [0.4, 0.5) is 5.69 Å². The Morgan fingerprint density at radius 2 is 2.10 bits per heavy atom. The zero-order valence-electron chi connectivity index (χ0n) is 15.8. The summed E-state index contributed by atoms with van der Waals surface area (Å²) in [6, 6.07) is 9.95. The molecule has 0 saturated carbocycles. The summed E-state index contributed by atoms with van der Waals surface area (Å²) < 4.78 is 2.25. The molecule has 1 aliphatic rings. The fourth-order valence-corrected chi connectivity index (χ4v) is 5.12. The molecule has 7 heteroatoms. The van der Waals surface area contributed by atoms with Crippen LogP contribution in [-0.2, 0) is 24.2 Å². The van der Waals surface area contributed by atoms with Crippen LogP contribution in [0.15, 0.2) is 52.7 Å². The number of anilines is 1. The number of rotatable bonds is 5. The summed E-state index contributed by atoms with van der Waals surface area (Å²) >= 11 is 3.22. The van der Waals surface area contributed by atoms with Crippen LogP contribution in [0, 0.1) is 0 Å². The van der Waals surface area contributed by atoms with Gasteiger partial charge in [-0.05, 0) is 36.4 Å². The van der Waals surface area contributed by atoms with E-state index < -0.39 is 0 Å². The largest absolute Gasteiger partial charge is 0.334 e. The van der Waals surface area contributed by atoms with Crippen molar-refractivity contribution in [2.24, 2.45) is 0 Å². The zero-order chi connectivity index (χ0) is 19.6. The molecule has 3 aromatic heterocycles.